The first kappa shape index (κ1) is 36.5. The smallest absolute Gasteiger partial charge is 0.419 e. The lowest BCUT2D eigenvalue weighted by Gasteiger charge is -2.30. The lowest BCUT2D eigenvalue weighted by atomic mass is 9.83. The van der Waals surface area contributed by atoms with Crippen LogP contribution in [0.3, 0.4) is 0 Å². The zero-order chi connectivity index (χ0) is 36.7. The van der Waals surface area contributed by atoms with E-state index in [4.69, 9.17) is 9.47 Å². The molecule has 9 nitrogen and oxygen atoms in total. The molecular weight excluding hydrogens is 689 g/mol. The molecule has 2 aliphatic carbocycles. The maximum Gasteiger partial charge on any atom is 0.419 e. The second-order valence-corrected chi connectivity index (χ2v) is 13.4. The molecule has 4 aliphatic rings. The van der Waals surface area contributed by atoms with E-state index in [1.165, 1.54) is 7.11 Å². The molecule has 51 heavy (non-hydrogen) atoms. The van der Waals surface area contributed by atoms with Crippen LogP contribution in [0.5, 0.6) is 5.75 Å². The summed E-state index contributed by atoms with van der Waals surface area (Å²) in [7, 11) is 1.35. The molecule has 5 atom stereocenters. The van der Waals surface area contributed by atoms with Crippen LogP contribution in [0.25, 0.3) is 0 Å². The normalized spacial score (nSPS) is 26.0. The SMILES string of the molecule is COc1ccc(N2CCC(NC(=O)C3CCOCC3)C2)cc1C(=O)NC1C2CCC(/C2=C/C(F)(F)F)[C@@H]1C(=O)Nc1ccc(F)c(C(F)(F)F)c1. The number of fused-ring (bicyclic) bond motifs is 2. The van der Waals surface area contributed by atoms with Gasteiger partial charge in [-0.3, -0.25) is 14.4 Å². The van der Waals surface area contributed by atoms with Gasteiger partial charge in [0.15, 0.2) is 0 Å². The van der Waals surface area contributed by atoms with Crippen molar-refractivity contribution in [2.24, 2.45) is 23.7 Å². The highest BCUT2D eigenvalue weighted by molar-refractivity contribution is 6.00. The molecule has 2 saturated heterocycles. The number of rotatable bonds is 8. The van der Waals surface area contributed by atoms with Gasteiger partial charge in [0.05, 0.1) is 24.2 Å². The Morgan fingerprint density at radius 1 is 0.902 bits per heavy atom. The van der Waals surface area contributed by atoms with Crippen molar-refractivity contribution in [3.8, 4) is 5.75 Å². The van der Waals surface area contributed by atoms with E-state index in [-0.39, 0.29) is 53.7 Å². The number of allylic oxidation sites excluding steroid dienone is 1. The van der Waals surface area contributed by atoms with Gasteiger partial charge in [-0.25, -0.2) is 4.39 Å². The van der Waals surface area contributed by atoms with Crippen LogP contribution in [0.2, 0.25) is 0 Å². The second kappa shape index (κ2) is 14.4. The number of hydrogen-bond donors (Lipinski definition) is 3. The Bertz CT molecular complexity index is 1690. The molecule has 2 heterocycles. The summed E-state index contributed by atoms with van der Waals surface area (Å²) in [6, 6.07) is 5.50. The van der Waals surface area contributed by atoms with Crippen molar-refractivity contribution in [3.63, 3.8) is 0 Å². The minimum absolute atomic E-state index is 0.0245. The van der Waals surface area contributed by atoms with Crippen LogP contribution in [0.15, 0.2) is 48.0 Å². The van der Waals surface area contributed by atoms with Gasteiger partial charge in [-0.2, -0.15) is 26.3 Å². The van der Waals surface area contributed by atoms with Crippen molar-refractivity contribution in [1.82, 2.24) is 10.6 Å². The summed E-state index contributed by atoms with van der Waals surface area (Å²) in [5, 5.41) is 8.16. The quantitative estimate of drug-likeness (QED) is 0.233. The lowest BCUT2D eigenvalue weighted by Crippen LogP contribution is -2.48. The molecule has 3 N–H and O–H groups in total. The Labute approximate surface area is 288 Å². The molecule has 0 spiro atoms. The van der Waals surface area contributed by atoms with Crippen molar-refractivity contribution >= 4 is 29.1 Å². The topological polar surface area (TPSA) is 109 Å². The highest BCUT2D eigenvalue weighted by Crippen LogP contribution is 2.54. The second-order valence-electron chi connectivity index (χ2n) is 13.4. The molecule has 2 aliphatic heterocycles. The highest BCUT2D eigenvalue weighted by Gasteiger charge is 2.56. The van der Waals surface area contributed by atoms with Gasteiger partial charge >= 0.3 is 12.4 Å². The first-order valence-electron chi connectivity index (χ1n) is 16.7. The molecule has 4 fully saturated rings. The third-order valence-corrected chi connectivity index (χ3v) is 10.3. The van der Waals surface area contributed by atoms with Crippen LogP contribution in [0.1, 0.15) is 48.0 Å². The zero-order valence-electron chi connectivity index (χ0n) is 27.5. The van der Waals surface area contributed by atoms with Crippen LogP contribution in [-0.2, 0) is 20.5 Å². The van der Waals surface area contributed by atoms with E-state index in [9.17, 15) is 45.1 Å². The van der Waals surface area contributed by atoms with Gasteiger partial charge in [0.2, 0.25) is 11.8 Å². The molecule has 6 rings (SSSR count). The van der Waals surface area contributed by atoms with Gasteiger partial charge in [-0.1, -0.05) is 5.57 Å². The van der Waals surface area contributed by atoms with Crippen LogP contribution in [0, 0.1) is 29.5 Å². The van der Waals surface area contributed by atoms with Crippen molar-refractivity contribution in [3.05, 3.63) is 65.0 Å². The van der Waals surface area contributed by atoms with Crippen molar-refractivity contribution in [2.45, 2.75) is 56.5 Å². The lowest BCUT2D eigenvalue weighted by molar-refractivity contribution is -0.140. The Morgan fingerprint density at radius 2 is 1.63 bits per heavy atom. The predicted octanol–water partition coefficient (Wildman–Crippen LogP) is 5.86. The van der Waals surface area contributed by atoms with Crippen LogP contribution < -0.4 is 25.6 Å². The number of ether oxygens (including phenoxy) is 2. The summed E-state index contributed by atoms with van der Waals surface area (Å²) in [4.78, 5) is 42.3. The molecule has 276 valence electrons. The zero-order valence-corrected chi connectivity index (χ0v) is 27.5. The van der Waals surface area contributed by atoms with Crippen molar-refractivity contribution in [2.75, 3.05) is 43.6 Å². The summed E-state index contributed by atoms with van der Waals surface area (Å²) in [6.45, 7) is 2.13. The molecule has 0 aromatic heterocycles. The number of methoxy groups -OCH3 is 1. The number of alkyl halides is 6. The summed E-state index contributed by atoms with van der Waals surface area (Å²) in [6.07, 6.45) is -7.24. The number of hydrogen-bond acceptors (Lipinski definition) is 6. The monoisotopic (exact) mass is 726 g/mol. The fourth-order valence-electron chi connectivity index (χ4n) is 7.92. The predicted molar refractivity (Wildman–Crippen MR) is 170 cm³/mol. The average Bonchev–Trinajstić information content (AvgIpc) is 3.78. The maximum atomic E-state index is 13.9. The van der Waals surface area contributed by atoms with E-state index in [0.717, 1.165) is 6.07 Å². The average molecular weight is 727 g/mol. The number of anilines is 2. The van der Waals surface area contributed by atoms with Gasteiger partial charge in [0, 0.05) is 67.7 Å². The third kappa shape index (κ3) is 7.95. The number of nitrogens with zero attached hydrogens (tertiary/aromatic N) is 1. The number of nitrogens with one attached hydrogen (secondary N) is 3. The van der Waals surface area contributed by atoms with E-state index in [2.05, 4.69) is 16.0 Å². The third-order valence-electron chi connectivity index (χ3n) is 10.3. The number of carbonyl (C=O) groups is 3. The molecule has 16 heteroatoms. The number of amides is 3. The van der Waals surface area contributed by atoms with Gasteiger partial charge in [-0.05, 0) is 74.4 Å². The van der Waals surface area contributed by atoms with Crippen LogP contribution in [-0.4, -0.2) is 69.4 Å². The first-order chi connectivity index (χ1) is 24.1. The Balaban J connectivity index is 1.22. The van der Waals surface area contributed by atoms with E-state index in [1.807, 2.05) is 4.90 Å². The van der Waals surface area contributed by atoms with Gasteiger partial charge in [-0.15, -0.1) is 0 Å². The van der Waals surface area contributed by atoms with Crippen molar-refractivity contribution in [1.29, 1.82) is 0 Å². The summed E-state index contributed by atoms with van der Waals surface area (Å²) >= 11 is 0. The van der Waals surface area contributed by atoms with E-state index >= 15 is 0 Å². The minimum atomic E-state index is -5.06. The van der Waals surface area contributed by atoms with E-state index in [1.54, 1.807) is 18.2 Å². The van der Waals surface area contributed by atoms with Gasteiger partial charge < -0.3 is 30.3 Å². The summed E-state index contributed by atoms with van der Waals surface area (Å²) in [5.74, 6) is -6.24. The van der Waals surface area contributed by atoms with Crippen molar-refractivity contribution < 1.29 is 54.6 Å². The fraction of sp³-hybridized carbons (Fsp3) is 0.514. The van der Waals surface area contributed by atoms with Crippen LogP contribution >= 0.6 is 0 Å². The Morgan fingerprint density at radius 3 is 2.31 bits per heavy atom. The first-order valence-corrected chi connectivity index (χ1v) is 16.7. The molecular formula is C35H37F7N4O5. The number of benzene rings is 2. The van der Waals surface area contributed by atoms with E-state index in [0.29, 0.717) is 63.4 Å². The molecule has 2 saturated carbocycles. The Kier molecular flexibility index (Phi) is 10.3. The summed E-state index contributed by atoms with van der Waals surface area (Å²) < 4.78 is 106. The molecule has 2 aromatic carbocycles. The van der Waals surface area contributed by atoms with Crippen LogP contribution in [0.4, 0.5) is 42.1 Å². The van der Waals surface area contributed by atoms with Gasteiger partial charge in [0.25, 0.3) is 5.91 Å². The molecule has 3 amide bonds. The highest BCUT2D eigenvalue weighted by atomic mass is 19.4. The van der Waals surface area contributed by atoms with E-state index < -0.39 is 65.0 Å². The largest absolute Gasteiger partial charge is 0.496 e. The minimum Gasteiger partial charge on any atom is -0.496 e. The molecule has 4 unspecified atom stereocenters. The molecule has 2 aromatic rings. The molecule has 0 radical (unpaired) electrons. The van der Waals surface area contributed by atoms with Gasteiger partial charge in [0.1, 0.15) is 11.6 Å². The standard InChI is InChI=1S/C35H37F7N4O5/c1-50-28-7-3-21(46-11-8-20(17-46)44-31(47)18-9-12-51-13-10-18)15-24(28)32(48)45-30-23-5-4-22(25(23)16-34(37,38)39)29(30)33(49)43-19-2-6-27(36)26(14-19)35(40,41)42/h2-3,6-7,14-16,18,20,22-23,29-30H,4-5,8-13,17H2,1H3,(H,43,49)(H,44,47)(H,45,48)/b25-16-/t20?,22?,23?,29-,30?/m0/s1. The maximum absolute atomic E-state index is 13.9. The molecule has 2 bridgehead atoms. The summed E-state index contributed by atoms with van der Waals surface area (Å²) in [5.41, 5.74) is -1.39. The fourth-order valence-corrected chi connectivity index (χ4v) is 7.92. The number of carbonyl (C=O) groups excluding carboxylic acids is 3. The Hall–Kier alpha value is -4.34. The number of halogens is 7.